The molecule has 0 bridgehead atoms. The quantitative estimate of drug-likeness (QED) is 0.266. The van der Waals surface area contributed by atoms with E-state index in [1.54, 1.807) is 46.3 Å². The Morgan fingerprint density at radius 3 is 2.58 bits per heavy atom. The second kappa shape index (κ2) is 9.64. The van der Waals surface area contributed by atoms with Gasteiger partial charge in [0, 0.05) is 12.6 Å². The first-order chi connectivity index (χ1) is 18.1. The summed E-state index contributed by atoms with van der Waals surface area (Å²) in [5.74, 6) is 0.629. The molecule has 0 fully saturated rings. The first kappa shape index (κ1) is 25.5. The number of fused-ring (bicyclic) bond motifs is 3. The number of nitrogens with zero attached hydrogens (tertiary/aromatic N) is 4. The smallest absolute Gasteiger partial charge is 0.416 e. The zero-order valence-corrected chi connectivity index (χ0v) is 22.4. The normalized spacial score (nSPS) is 11.8. The van der Waals surface area contributed by atoms with Crippen molar-refractivity contribution in [2.45, 2.75) is 32.9 Å². The number of anilines is 1. The topological polar surface area (TPSA) is 85.3 Å². The molecule has 38 heavy (non-hydrogen) atoms. The van der Waals surface area contributed by atoms with Crippen molar-refractivity contribution in [3.05, 3.63) is 71.3 Å². The SMILES string of the molecule is COc1ccc(CN(C(=O)OC(C)(C)C)c2nc3[nH]c(-c4cccc(F)c4)c(Cl)c3c3c2ncn3C)cc1. The highest BCUT2D eigenvalue weighted by Crippen LogP contribution is 2.40. The van der Waals surface area contributed by atoms with Gasteiger partial charge in [0.05, 0.1) is 41.6 Å². The number of pyridine rings is 1. The number of imidazole rings is 1. The van der Waals surface area contributed by atoms with E-state index < -0.39 is 11.7 Å². The van der Waals surface area contributed by atoms with Gasteiger partial charge in [0.1, 0.15) is 28.3 Å². The van der Waals surface area contributed by atoms with Crippen LogP contribution in [-0.4, -0.2) is 38.3 Å². The summed E-state index contributed by atoms with van der Waals surface area (Å²) in [7, 11) is 3.43. The Bertz CT molecular complexity index is 1650. The molecule has 0 radical (unpaired) electrons. The van der Waals surface area contributed by atoms with Crippen LogP contribution >= 0.6 is 11.6 Å². The number of ether oxygens (including phenoxy) is 2. The van der Waals surface area contributed by atoms with Crippen LogP contribution in [0.4, 0.5) is 15.0 Å². The van der Waals surface area contributed by atoms with Gasteiger partial charge in [-0.3, -0.25) is 4.90 Å². The number of rotatable bonds is 5. The van der Waals surface area contributed by atoms with E-state index in [9.17, 15) is 9.18 Å². The molecule has 2 aromatic carbocycles. The summed E-state index contributed by atoms with van der Waals surface area (Å²) in [4.78, 5) is 27.6. The van der Waals surface area contributed by atoms with Crippen molar-refractivity contribution in [2.24, 2.45) is 7.05 Å². The number of aromatic amines is 1. The van der Waals surface area contributed by atoms with E-state index in [0.717, 1.165) is 5.56 Å². The lowest BCUT2D eigenvalue weighted by molar-refractivity contribution is 0.0577. The molecule has 0 aliphatic rings. The molecule has 5 aromatic rings. The van der Waals surface area contributed by atoms with Crippen molar-refractivity contribution < 1.29 is 18.7 Å². The number of carbonyl (C=O) groups is 1. The molecule has 0 atom stereocenters. The third kappa shape index (κ3) is 4.77. The second-order valence-corrected chi connectivity index (χ2v) is 10.3. The maximum atomic E-state index is 14.0. The van der Waals surface area contributed by atoms with Crippen LogP contribution in [0.3, 0.4) is 0 Å². The number of carbonyl (C=O) groups excluding carboxylic acids is 1. The summed E-state index contributed by atoms with van der Waals surface area (Å²) in [5, 5.41) is 1.01. The molecule has 5 rings (SSSR count). The molecule has 3 aromatic heterocycles. The molecule has 0 spiro atoms. The van der Waals surface area contributed by atoms with Gasteiger partial charge in [-0.15, -0.1) is 0 Å². The zero-order chi connectivity index (χ0) is 27.2. The van der Waals surface area contributed by atoms with Gasteiger partial charge in [-0.2, -0.15) is 0 Å². The average molecular weight is 536 g/mol. The van der Waals surface area contributed by atoms with E-state index in [4.69, 9.17) is 26.1 Å². The third-order valence-corrected chi connectivity index (χ3v) is 6.38. The van der Waals surface area contributed by atoms with E-state index in [2.05, 4.69) is 9.97 Å². The Morgan fingerprint density at radius 2 is 1.92 bits per heavy atom. The highest BCUT2D eigenvalue weighted by molar-refractivity contribution is 6.40. The van der Waals surface area contributed by atoms with Crippen LogP contribution in [0.25, 0.3) is 33.3 Å². The minimum Gasteiger partial charge on any atom is -0.497 e. The van der Waals surface area contributed by atoms with Gasteiger partial charge in [0.15, 0.2) is 5.82 Å². The van der Waals surface area contributed by atoms with E-state index in [0.29, 0.717) is 49.9 Å². The highest BCUT2D eigenvalue weighted by Gasteiger charge is 2.29. The van der Waals surface area contributed by atoms with Crippen LogP contribution in [0.15, 0.2) is 54.9 Å². The van der Waals surface area contributed by atoms with Crippen molar-refractivity contribution in [3.8, 4) is 17.0 Å². The molecule has 0 saturated carbocycles. The maximum absolute atomic E-state index is 14.0. The average Bonchev–Trinajstić information content (AvgIpc) is 3.41. The number of aromatic nitrogens is 4. The minimum absolute atomic E-state index is 0.175. The minimum atomic E-state index is -0.733. The zero-order valence-electron chi connectivity index (χ0n) is 21.7. The lowest BCUT2D eigenvalue weighted by Crippen LogP contribution is -2.37. The lowest BCUT2D eigenvalue weighted by atomic mass is 10.1. The number of hydrogen-bond acceptors (Lipinski definition) is 5. The molecule has 0 saturated heterocycles. The summed E-state index contributed by atoms with van der Waals surface area (Å²) in [6.07, 6.45) is 1.07. The van der Waals surface area contributed by atoms with Gasteiger partial charge in [0.2, 0.25) is 0 Å². The summed E-state index contributed by atoms with van der Waals surface area (Å²) in [6, 6.07) is 13.5. The Balaban J connectivity index is 1.71. The molecule has 1 N–H and O–H groups in total. The van der Waals surface area contributed by atoms with Crippen LogP contribution in [0.5, 0.6) is 5.75 Å². The van der Waals surface area contributed by atoms with Crippen LogP contribution in [-0.2, 0) is 18.3 Å². The van der Waals surface area contributed by atoms with Crippen LogP contribution in [0.2, 0.25) is 5.02 Å². The fourth-order valence-corrected chi connectivity index (χ4v) is 4.64. The molecule has 0 aliphatic carbocycles. The Kier molecular flexibility index (Phi) is 6.48. The molecule has 10 heteroatoms. The van der Waals surface area contributed by atoms with Crippen LogP contribution in [0.1, 0.15) is 26.3 Å². The van der Waals surface area contributed by atoms with Gasteiger partial charge < -0.3 is 19.0 Å². The van der Waals surface area contributed by atoms with Gasteiger partial charge in [-0.05, 0) is 50.6 Å². The Labute approximate surface area is 224 Å². The predicted molar refractivity (Wildman–Crippen MR) is 146 cm³/mol. The Hall–Kier alpha value is -4.11. The van der Waals surface area contributed by atoms with E-state index in [1.807, 2.05) is 35.9 Å². The molecular weight excluding hydrogens is 509 g/mol. The fraction of sp³-hybridized carbons (Fsp3) is 0.250. The molecule has 3 heterocycles. The first-order valence-corrected chi connectivity index (χ1v) is 12.3. The van der Waals surface area contributed by atoms with Crippen molar-refractivity contribution >= 4 is 45.6 Å². The number of hydrogen-bond donors (Lipinski definition) is 1. The summed E-state index contributed by atoms with van der Waals surface area (Å²) < 4.78 is 26.8. The number of nitrogens with one attached hydrogen (secondary N) is 1. The third-order valence-electron chi connectivity index (χ3n) is 6.01. The number of halogens is 2. The monoisotopic (exact) mass is 535 g/mol. The van der Waals surface area contributed by atoms with Crippen LogP contribution < -0.4 is 9.64 Å². The summed E-state index contributed by atoms with van der Waals surface area (Å²) >= 11 is 6.84. The van der Waals surface area contributed by atoms with Gasteiger partial charge in [-0.1, -0.05) is 35.9 Å². The standard InChI is InChI=1S/C28H27ClFN5O3/c1-28(2,3)38-27(36)35(14-16-9-11-19(37-5)12-10-16)26-23-24(34(4)15-31-23)20-21(29)22(32-25(20)33-26)17-7-6-8-18(30)13-17/h6-13,15H,14H2,1-5H3,(H,32,33). The largest absolute Gasteiger partial charge is 0.497 e. The van der Waals surface area contributed by atoms with Gasteiger partial charge in [0.25, 0.3) is 0 Å². The molecule has 196 valence electrons. The molecule has 0 aliphatic heterocycles. The van der Waals surface area contributed by atoms with Gasteiger partial charge in [-0.25, -0.2) is 19.2 Å². The number of H-pyrrole nitrogens is 1. The number of aryl methyl sites for hydroxylation is 1. The van der Waals surface area contributed by atoms with Crippen molar-refractivity contribution in [1.29, 1.82) is 0 Å². The summed E-state index contributed by atoms with van der Waals surface area (Å²) in [6.45, 7) is 5.59. The van der Waals surface area contributed by atoms with E-state index in [1.165, 1.54) is 17.0 Å². The van der Waals surface area contributed by atoms with Crippen molar-refractivity contribution in [3.63, 3.8) is 0 Å². The van der Waals surface area contributed by atoms with Crippen molar-refractivity contribution in [2.75, 3.05) is 12.0 Å². The number of amides is 1. The predicted octanol–water partition coefficient (Wildman–Crippen LogP) is 6.86. The number of benzene rings is 2. The highest BCUT2D eigenvalue weighted by atomic mass is 35.5. The summed E-state index contributed by atoms with van der Waals surface area (Å²) in [5.41, 5.74) is 2.79. The molecule has 1 amide bonds. The van der Waals surface area contributed by atoms with Gasteiger partial charge >= 0.3 is 6.09 Å². The molecule has 0 unspecified atom stereocenters. The molecular formula is C28H27ClFN5O3. The van der Waals surface area contributed by atoms with Crippen molar-refractivity contribution in [1.82, 2.24) is 19.5 Å². The van der Waals surface area contributed by atoms with E-state index in [-0.39, 0.29) is 12.4 Å². The second-order valence-electron chi connectivity index (χ2n) is 9.95. The first-order valence-electron chi connectivity index (χ1n) is 12.0. The van der Waals surface area contributed by atoms with Crippen LogP contribution in [0, 0.1) is 5.82 Å². The molecule has 8 nitrogen and oxygen atoms in total. The fourth-order valence-electron chi connectivity index (χ4n) is 4.30. The van der Waals surface area contributed by atoms with E-state index >= 15 is 0 Å². The maximum Gasteiger partial charge on any atom is 0.416 e. The Morgan fingerprint density at radius 1 is 1.18 bits per heavy atom. The number of methoxy groups -OCH3 is 1. The lowest BCUT2D eigenvalue weighted by Gasteiger charge is -2.27.